The van der Waals surface area contributed by atoms with E-state index in [0.29, 0.717) is 17.2 Å². The molecule has 0 atom stereocenters. The van der Waals surface area contributed by atoms with Crippen LogP contribution in [0.25, 0.3) is 0 Å². The fourth-order valence-electron chi connectivity index (χ4n) is 2.14. The van der Waals surface area contributed by atoms with Crippen LogP contribution in [-0.2, 0) is 28.5 Å². The van der Waals surface area contributed by atoms with E-state index in [1.165, 1.54) is 6.92 Å². The zero-order valence-corrected chi connectivity index (χ0v) is 20.5. The number of hydrogen-bond acceptors (Lipinski definition) is 8. The second-order valence-electron chi connectivity index (χ2n) is 5.75. The third kappa shape index (κ3) is 11.1. The molecule has 0 saturated carbocycles. The quantitative estimate of drug-likeness (QED) is 0.155. The number of rotatable bonds is 12. The number of esters is 2. The number of nitrogens with one attached hydrogen (secondary N) is 1. The monoisotopic (exact) mass is 454 g/mol. The first kappa shape index (κ1) is 28.6. The van der Waals surface area contributed by atoms with Crippen molar-refractivity contribution >= 4 is 29.6 Å². The molecule has 9 nitrogen and oxygen atoms in total. The van der Waals surface area contributed by atoms with E-state index < -0.39 is 30.6 Å². The summed E-state index contributed by atoms with van der Waals surface area (Å²) in [7, 11) is 0. The van der Waals surface area contributed by atoms with E-state index >= 15 is 0 Å². The molecule has 0 saturated heterocycles. The molecule has 1 aromatic carbocycles. The third-order valence-electron chi connectivity index (χ3n) is 3.46. The predicted octanol–water partition coefficient (Wildman–Crippen LogP) is 0.0457. The Morgan fingerprint density at radius 3 is 2.20 bits per heavy atom. The first-order valence-corrected chi connectivity index (χ1v) is 9.50. The van der Waals surface area contributed by atoms with Crippen molar-refractivity contribution in [3.8, 4) is 5.75 Å². The van der Waals surface area contributed by atoms with Gasteiger partial charge in [0.2, 0.25) is 6.79 Å². The number of benzene rings is 1. The molecule has 1 N–H and O–H groups in total. The first-order chi connectivity index (χ1) is 13.8. The van der Waals surface area contributed by atoms with E-state index in [-0.39, 0.29) is 55.7 Å². The number of alkyl carbamates (subject to hydrolysis) is 1. The van der Waals surface area contributed by atoms with Crippen molar-refractivity contribution in [1.82, 2.24) is 5.32 Å². The molecule has 11 heteroatoms. The van der Waals surface area contributed by atoms with Gasteiger partial charge in [0.05, 0.1) is 0 Å². The molecule has 0 unspecified atom stereocenters. The van der Waals surface area contributed by atoms with Gasteiger partial charge in [0.25, 0.3) is 5.79 Å². The molecule has 1 amide bonds. The summed E-state index contributed by atoms with van der Waals surface area (Å²) in [6, 6.07) is 6.39. The van der Waals surface area contributed by atoms with Crippen LogP contribution in [0.15, 0.2) is 24.3 Å². The van der Waals surface area contributed by atoms with E-state index in [4.69, 9.17) is 35.3 Å². The van der Waals surface area contributed by atoms with Crippen LogP contribution in [0, 0.1) is 0 Å². The molecule has 0 fully saturated rings. The van der Waals surface area contributed by atoms with Crippen LogP contribution in [0.4, 0.5) is 4.79 Å². The second-order valence-corrected chi connectivity index (χ2v) is 6.19. The molecule has 0 aliphatic heterocycles. The normalized spacial score (nSPS) is 10.5. The second kappa shape index (κ2) is 15.4. The van der Waals surface area contributed by atoms with Crippen molar-refractivity contribution in [3.63, 3.8) is 0 Å². The molecule has 0 spiro atoms. The minimum absolute atomic E-state index is 0. The van der Waals surface area contributed by atoms with Gasteiger partial charge in [-0.3, -0.25) is 4.79 Å². The molecule has 0 heterocycles. The zero-order chi connectivity index (χ0) is 21.7. The molecule has 0 bridgehead atoms. The van der Waals surface area contributed by atoms with Crippen molar-refractivity contribution in [2.45, 2.75) is 39.4 Å². The van der Waals surface area contributed by atoms with Gasteiger partial charge in [0.15, 0.2) is 0 Å². The molecular weight excluding hydrogens is 429 g/mol. The van der Waals surface area contributed by atoms with E-state index in [0.717, 1.165) is 0 Å². The van der Waals surface area contributed by atoms with E-state index in [9.17, 15) is 14.4 Å². The summed E-state index contributed by atoms with van der Waals surface area (Å²) in [5.41, 5.74) is 0. The van der Waals surface area contributed by atoms with Crippen LogP contribution in [0.5, 0.6) is 5.75 Å². The van der Waals surface area contributed by atoms with Gasteiger partial charge in [0.1, 0.15) is 5.75 Å². The summed E-state index contributed by atoms with van der Waals surface area (Å²) >= 11 is 5.75. The van der Waals surface area contributed by atoms with Crippen LogP contribution in [0.1, 0.15) is 33.6 Å². The smallest absolute Gasteiger partial charge is 0.427 e. The number of carbonyl (C=O) groups excluding carboxylic acids is 3. The maximum absolute atomic E-state index is 12.0. The Balaban J connectivity index is 0.00000841. The Bertz CT molecular complexity index is 665. The summed E-state index contributed by atoms with van der Waals surface area (Å²) in [6.07, 6.45) is -0.356. The molecule has 0 aliphatic carbocycles. The maximum atomic E-state index is 12.0. The van der Waals surface area contributed by atoms with E-state index in [1.54, 1.807) is 38.1 Å². The zero-order valence-electron chi connectivity index (χ0n) is 17.7. The third-order valence-corrected chi connectivity index (χ3v) is 3.71. The van der Waals surface area contributed by atoms with Crippen molar-refractivity contribution in [2.24, 2.45) is 0 Å². The average molecular weight is 455 g/mol. The number of hydrogen-bond donors (Lipinski definition) is 1. The standard InChI is InChI=1S/C19H26ClNO8.Na/c1-4-27-19(3,28-5-2)17(23)25-13-26-18(24)21-12-6-7-16(22)29-15-10-8-14(20)9-11-15;/h8-11H,4-7,12-13H2,1-3H3,(H,21,24);/q;+1. The predicted molar refractivity (Wildman–Crippen MR) is 103 cm³/mol. The molecule has 0 aromatic heterocycles. The Labute approximate surface area is 202 Å². The molecule has 1 rings (SSSR count). The Morgan fingerprint density at radius 1 is 1.03 bits per heavy atom. The molecule has 0 radical (unpaired) electrons. The van der Waals surface area contributed by atoms with Crippen molar-refractivity contribution in [3.05, 3.63) is 29.3 Å². The van der Waals surface area contributed by atoms with Gasteiger partial charge < -0.3 is 29.0 Å². The Morgan fingerprint density at radius 2 is 1.63 bits per heavy atom. The Kier molecular flexibility index (Phi) is 14.7. The summed E-state index contributed by atoms with van der Waals surface area (Å²) in [5.74, 6) is -2.42. The summed E-state index contributed by atoms with van der Waals surface area (Å²) in [6.45, 7) is 4.91. The van der Waals surface area contributed by atoms with E-state index in [2.05, 4.69) is 5.32 Å². The van der Waals surface area contributed by atoms with Gasteiger partial charge in [-0.2, -0.15) is 0 Å². The van der Waals surface area contributed by atoms with Gasteiger partial charge in [-0.25, -0.2) is 9.59 Å². The molecule has 30 heavy (non-hydrogen) atoms. The van der Waals surface area contributed by atoms with Crippen LogP contribution >= 0.6 is 11.6 Å². The van der Waals surface area contributed by atoms with Gasteiger partial charge >= 0.3 is 47.6 Å². The minimum Gasteiger partial charge on any atom is -0.427 e. The van der Waals surface area contributed by atoms with Gasteiger partial charge in [-0.15, -0.1) is 0 Å². The molecule has 1 aromatic rings. The van der Waals surface area contributed by atoms with Crippen LogP contribution < -0.4 is 39.6 Å². The number of halogens is 1. The van der Waals surface area contributed by atoms with Crippen molar-refractivity contribution in [1.29, 1.82) is 0 Å². The minimum atomic E-state index is -1.56. The van der Waals surface area contributed by atoms with Crippen LogP contribution in [0.2, 0.25) is 5.02 Å². The van der Waals surface area contributed by atoms with Crippen molar-refractivity contribution in [2.75, 3.05) is 26.6 Å². The maximum Gasteiger partial charge on any atom is 1.00 e. The summed E-state index contributed by atoms with van der Waals surface area (Å²) < 4.78 is 25.2. The largest absolute Gasteiger partial charge is 1.00 e. The van der Waals surface area contributed by atoms with Gasteiger partial charge in [-0.05, 0) is 44.5 Å². The van der Waals surface area contributed by atoms with Crippen LogP contribution in [0.3, 0.4) is 0 Å². The first-order valence-electron chi connectivity index (χ1n) is 9.12. The van der Waals surface area contributed by atoms with Gasteiger partial charge in [-0.1, -0.05) is 11.6 Å². The fourth-order valence-corrected chi connectivity index (χ4v) is 2.26. The van der Waals surface area contributed by atoms with Gasteiger partial charge in [0, 0.05) is 38.1 Å². The Hall–Kier alpha value is -1.36. The fraction of sp³-hybridized carbons (Fsp3) is 0.526. The average Bonchev–Trinajstić information content (AvgIpc) is 2.67. The summed E-state index contributed by atoms with van der Waals surface area (Å²) in [4.78, 5) is 35.3. The number of ether oxygens (including phenoxy) is 5. The number of amides is 1. The van der Waals surface area contributed by atoms with E-state index in [1.807, 2.05) is 0 Å². The molecular formula is C19H26ClNNaO8+. The number of carbonyl (C=O) groups is 3. The van der Waals surface area contributed by atoms with Crippen LogP contribution in [-0.4, -0.2) is 50.4 Å². The summed E-state index contributed by atoms with van der Waals surface area (Å²) in [5, 5.41) is 2.97. The topological polar surface area (TPSA) is 109 Å². The van der Waals surface area contributed by atoms with Crippen molar-refractivity contribution < 1.29 is 67.6 Å². The SMILES string of the molecule is CCOC(C)(OCC)C(=O)OCOC(=O)NCCCC(=O)Oc1ccc(Cl)cc1.[Na+]. The molecule has 162 valence electrons. The molecule has 0 aliphatic rings.